The zero-order chi connectivity index (χ0) is 28.3. The molecule has 1 atom stereocenters. The molecule has 12 heteroatoms. The van der Waals surface area contributed by atoms with Gasteiger partial charge in [0.1, 0.15) is 0 Å². The molecule has 2 aromatic carbocycles. The molecular weight excluding hydrogens is 552 g/mol. The van der Waals surface area contributed by atoms with Gasteiger partial charge < -0.3 is 15.0 Å². The Hall–Kier alpha value is -2.51. The molecule has 0 radical (unpaired) electrons. The highest BCUT2D eigenvalue weighted by molar-refractivity contribution is 7.89. The summed E-state index contributed by atoms with van der Waals surface area (Å²) in [4.78, 5) is 15.7. The van der Waals surface area contributed by atoms with Gasteiger partial charge >= 0.3 is 0 Å². The Morgan fingerprint density at radius 2 is 1.50 bits per heavy atom. The van der Waals surface area contributed by atoms with E-state index in [9.17, 15) is 21.6 Å². The lowest BCUT2D eigenvalue weighted by molar-refractivity contribution is 0.102. The standard InChI is InChI=1S/C28H38N4O6S2/c1-22-7-6-14-32(21-22)40(36,37)24-9-5-8-23(19-24)28(33)29-26-20-25(39(34,35)31-12-3-2-4-13-31)10-11-27(26)30-15-17-38-18-16-30/h5,8-11,19-20,22H,2-4,6-7,12-18,21H2,1H3,(H,29,33)/t22-/m0/s1. The maximum atomic E-state index is 13.5. The molecule has 1 amide bonds. The molecule has 0 saturated carbocycles. The molecule has 3 heterocycles. The van der Waals surface area contributed by atoms with E-state index in [1.807, 2.05) is 6.92 Å². The number of rotatable bonds is 7. The Morgan fingerprint density at radius 3 is 2.23 bits per heavy atom. The van der Waals surface area contributed by atoms with Crippen LogP contribution >= 0.6 is 0 Å². The number of amides is 1. The Bertz CT molecular complexity index is 1430. The smallest absolute Gasteiger partial charge is 0.255 e. The van der Waals surface area contributed by atoms with Crippen LogP contribution in [0, 0.1) is 5.92 Å². The van der Waals surface area contributed by atoms with Gasteiger partial charge in [0.2, 0.25) is 20.0 Å². The number of carbonyl (C=O) groups is 1. The minimum Gasteiger partial charge on any atom is -0.378 e. The second-order valence-corrected chi connectivity index (χ2v) is 14.7. The topological polar surface area (TPSA) is 116 Å². The number of benzene rings is 2. The summed E-state index contributed by atoms with van der Waals surface area (Å²) in [5, 5.41) is 2.89. The summed E-state index contributed by atoms with van der Waals surface area (Å²) in [6, 6.07) is 10.9. The average Bonchev–Trinajstić information content (AvgIpc) is 2.98. The zero-order valence-electron chi connectivity index (χ0n) is 22.9. The second kappa shape index (κ2) is 12.2. The summed E-state index contributed by atoms with van der Waals surface area (Å²) >= 11 is 0. The van der Waals surface area contributed by atoms with Gasteiger partial charge in [-0.2, -0.15) is 8.61 Å². The van der Waals surface area contributed by atoms with Gasteiger partial charge in [0.05, 0.1) is 34.4 Å². The van der Waals surface area contributed by atoms with E-state index in [-0.39, 0.29) is 21.3 Å². The monoisotopic (exact) mass is 590 g/mol. The van der Waals surface area contributed by atoms with Crippen molar-refractivity contribution < 1.29 is 26.4 Å². The molecule has 40 heavy (non-hydrogen) atoms. The number of sulfonamides is 2. The Kier molecular flexibility index (Phi) is 8.81. The lowest BCUT2D eigenvalue weighted by atomic mass is 10.0. The predicted octanol–water partition coefficient (Wildman–Crippen LogP) is 3.37. The lowest BCUT2D eigenvalue weighted by Gasteiger charge is -2.31. The molecule has 3 aliphatic heterocycles. The molecule has 218 valence electrons. The summed E-state index contributed by atoms with van der Waals surface area (Å²) < 4.78 is 62.0. The number of nitrogens with one attached hydrogen (secondary N) is 1. The largest absolute Gasteiger partial charge is 0.378 e. The van der Waals surface area contributed by atoms with E-state index >= 15 is 0 Å². The van der Waals surface area contributed by atoms with Crippen LogP contribution in [0.5, 0.6) is 0 Å². The van der Waals surface area contributed by atoms with Crippen molar-refractivity contribution in [2.24, 2.45) is 5.92 Å². The van der Waals surface area contributed by atoms with Crippen LogP contribution in [0.4, 0.5) is 11.4 Å². The Balaban J connectivity index is 1.44. The maximum Gasteiger partial charge on any atom is 0.255 e. The lowest BCUT2D eigenvalue weighted by Crippen LogP contribution is -2.39. The van der Waals surface area contributed by atoms with Crippen molar-refractivity contribution in [1.82, 2.24) is 8.61 Å². The molecular formula is C28H38N4O6S2. The van der Waals surface area contributed by atoms with Gasteiger partial charge in [0, 0.05) is 44.8 Å². The van der Waals surface area contributed by atoms with Crippen molar-refractivity contribution in [3.8, 4) is 0 Å². The molecule has 0 unspecified atom stereocenters. The highest BCUT2D eigenvalue weighted by atomic mass is 32.2. The Labute approximate surface area is 237 Å². The van der Waals surface area contributed by atoms with Crippen molar-refractivity contribution in [2.75, 3.05) is 62.7 Å². The van der Waals surface area contributed by atoms with Crippen LogP contribution in [-0.4, -0.2) is 83.8 Å². The summed E-state index contributed by atoms with van der Waals surface area (Å²) in [5.74, 6) is -0.229. The summed E-state index contributed by atoms with van der Waals surface area (Å²) in [6.07, 6.45) is 4.46. The molecule has 2 aromatic rings. The molecule has 10 nitrogen and oxygen atoms in total. The second-order valence-electron chi connectivity index (χ2n) is 10.8. The number of anilines is 2. The SMILES string of the molecule is C[C@H]1CCCN(S(=O)(=O)c2cccc(C(=O)Nc3cc(S(=O)(=O)N4CCCCC4)ccc3N3CCOCC3)c2)C1. The van der Waals surface area contributed by atoms with E-state index in [4.69, 9.17) is 4.74 Å². The quantitative estimate of drug-likeness (QED) is 0.526. The van der Waals surface area contributed by atoms with E-state index in [1.54, 1.807) is 24.3 Å². The van der Waals surface area contributed by atoms with Crippen molar-refractivity contribution in [3.05, 3.63) is 48.0 Å². The molecule has 0 spiro atoms. The summed E-state index contributed by atoms with van der Waals surface area (Å²) in [6.45, 7) is 6.17. The molecule has 0 aromatic heterocycles. The first kappa shape index (κ1) is 29.0. The zero-order valence-corrected chi connectivity index (χ0v) is 24.6. The third-order valence-corrected chi connectivity index (χ3v) is 11.6. The minimum absolute atomic E-state index is 0.0732. The third kappa shape index (κ3) is 6.20. The van der Waals surface area contributed by atoms with E-state index in [2.05, 4.69) is 10.2 Å². The fraction of sp³-hybridized carbons (Fsp3) is 0.536. The van der Waals surface area contributed by atoms with Crippen LogP contribution < -0.4 is 10.2 Å². The highest BCUT2D eigenvalue weighted by Crippen LogP contribution is 2.32. The van der Waals surface area contributed by atoms with E-state index in [0.717, 1.165) is 32.1 Å². The van der Waals surface area contributed by atoms with E-state index < -0.39 is 26.0 Å². The number of carbonyl (C=O) groups excluding carboxylic acids is 1. The highest BCUT2D eigenvalue weighted by Gasteiger charge is 2.30. The van der Waals surface area contributed by atoms with Gasteiger partial charge in [-0.3, -0.25) is 4.79 Å². The van der Waals surface area contributed by atoms with Crippen LogP contribution in [0.25, 0.3) is 0 Å². The average molecular weight is 591 g/mol. The molecule has 3 aliphatic rings. The first-order chi connectivity index (χ1) is 19.2. The Morgan fingerprint density at radius 1 is 0.825 bits per heavy atom. The van der Waals surface area contributed by atoms with Crippen LogP contribution in [-0.2, 0) is 24.8 Å². The van der Waals surface area contributed by atoms with Crippen molar-refractivity contribution in [2.45, 2.75) is 48.8 Å². The fourth-order valence-corrected chi connectivity index (χ4v) is 8.80. The number of ether oxygens (including phenoxy) is 1. The third-order valence-electron chi connectivity index (χ3n) is 7.87. The number of hydrogen-bond donors (Lipinski definition) is 1. The fourth-order valence-electron chi connectivity index (χ4n) is 5.62. The summed E-state index contributed by atoms with van der Waals surface area (Å²) in [7, 11) is -7.46. The normalized spacial score (nSPS) is 21.7. The number of piperidine rings is 2. The van der Waals surface area contributed by atoms with Crippen LogP contribution in [0.2, 0.25) is 0 Å². The van der Waals surface area contributed by atoms with Gasteiger partial charge in [-0.15, -0.1) is 0 Å². The molecule has 5 rings (SSSR count). The van der Waals surface area contributed by atoms with Gasteiger partial charge in [0.25, 0.3) is 5.91 Å². The number of nitrogens with zero attached hydrogens (tertiary/aromatic N) is 3. The van der Waals surface area contributed by atoms with E-state index in [0.29, 0.717) is 63.9 Å². The van der Waals surface area contributed by atoms with Gasteiger partial charge in [-0.1, -0.05) is 19.4 Å². The maximum absolute atomic E-state index is 13.5. The molecule has 3 fully saturated rings. The van der Waals surface area contributed by atoms with Crippen molar-refractivity contribution in [1.29, 1.82) is 0 Å². The van der Waals surface area contributed by atoms with Crippen LogP contribution in [0.3, 0.4) is 0 Å². The van der Waals surface area contributed by atoms with Crippen molar-refractivity contribution >= 4 is 37.3 Å². The van der Waals surface area contributed by atoms with E-state index in [1.165, 1.54) is 26.8 Å². The van der Waals surface area contributed by atoms with Gasteiger partial charge in [-0.05, 0) is 68.0 Å². The summed E-state index contributed by atoms with van der Waals surface area (Å²) in [5.41, 5.74) is 1.24. The van der Waals surface area contributed by atoms with Crippen LogP contribution in [0.1, 0.15) is 49.4 Å². The van der Waals surface area contributed by atoms with Gasteiger partial charge in [-0.25, -0.2) is 16.8 Å². The first-order valence-corrected chi connectivity index (χ1v) is 16.9. The molecule has 3 saturated heterocycles. The predicted molar refractivity (Wildman–Crippen MR) is 154 cm³/mol. The molecule has 0 aliphatic carbocycles. The number of morpholine rings is 1. The first-order valence-electron chi connectivity index (χ1n) is 14.0. The number of hydrogen-bond acceptors (Lipinski definition) is 7. The molecule has 0 bridgehead atoms. The minimum atomic E-state index is -3.74. The van der Waals surface area contributed by atoms with Gasteiger partial charge in [0.15, 0.2) is 0 Å². The van der Waals surface area contributed by atoms with Crippen LogP contribution in [0.15, 0.2) is 52.3 Å². The van der Waals surface area contributed by atoms with Crippen molar-refractivity contribution in [3.63, 3.8) is 0 Å². The molecule has 1 N–H and O–H groups in total.